The van der Waals surface area contributed by atoms with Crippen LogP contribution in [0.1, 0.15) is 32.1 Å². The van der Waals surface area contributed by atoms with Gasteiger partial charge in [0, 0.05) is 12.1 Å². The first-order valence-electron chi connectivity index (χ1n) is 4.83. The second-order valence-corrected chi connectivity index (χ2v) is 3.77. The van der Waals surface area contributed by atoms with Crippen LogP contribution in [0.4, 0.5) is 0 Å². The molecule has 1 aliphatic carbocycles. The summed E-state index contributed by atoms with van der Waals surface area (Å²) in [6, 6.07) is 0.331. The Bertz CT molecular complexity index is 201. The highest BCUT2D eigenvalue weighted by atomic mass is 16.4. The number of carboxylic acid groups (broad SMARTS) is 1. The van der Waals surface area contributed by atoms with Crippen LogP contribution in [0.25, 0.3) is 0 Å². The molecule has 1 rings (SSSR count). The van der Waals surface area contributed by atoms with Gasteiger partial charge in [-0.2, -0.15) is 0 Å². The van der Waals surface area contributed by atoms with Gasteiger partial charge in [-0.1, -0.05) is 18.9 Å². The van der Waals surface area contributed by atoms with Crippen molar-refractivity contribution >= 4 is 5.97 Å². The van der Waals surface area contributed by atoms with Gasteiger partial charge in [0.15, 0.2) is 0 Å². The topological polar surface area (TPSA) is 63.3 Å². The standard InChI is InChI=1S/C10H17NO2/c11-9-5-1-3-8(7-9)4-2-6-10(12)13/h2,6,8-9H,1,3-5,7,11H2,(H,12,13)/b6-2+. The Kier molecular flexibility index (Phi) is 3.96. The molecule has 0 amide bonds. The Balaban J connectivity index is 2.24. The minimum atomic E-state index is -0.861. The van der Waals surface area contributed by atoms with E-state index < -0.39 is 5.97 Å². The Morgan fingerprint density at radius 3 is 2.92 bits per heavy atom. The van der Waals surface area contributed by atoms with Crippen molar-refractivity contribution in [2.75, 3.05) is 0 Å². The maximum Gasteiger partial charge on any atom is 0.327 e. The van der Waals surface area contributed by atoms with Crippen LogP contribution >= 0.6 is 0 Å². The number of carbonyl (C=O) groups is 1. The molecule has 0 heterocycles. The summed E-state index contributed by atoms with van der Waals surface area (Å²) in [5.41, 5.74) is 5.82. The Labute approximate surface area is 78.6 Å². The van der Waals surface area contributed by atoms with Crippen LogP contribution in [0.15, 0.2) is 12.2 Å². The highest BCUT2D eigenvalue weighted by Gasteiger charge is 2.17. The smallest absolute Gasteiger partial charge is 0.327 e. The molecule has 0 spiro atoms. The van der Waals surface area contributed by atoms with E-state index in [0.717, 1.165) is 19.3 Å². The predicted molar refractivity (Wildman–Crippen MR) is 51.3 cm³/mol. The summed E-state index contributed by atoms with van der Waals surface area (Å²) in [6.07, 6.45) is 8.37. The lowest BCUT2D eigenvalue weighted by Gasteiger charge is -2.25. The molecule has 1 aliphatic rings. The largest absolute Gasteiger partial charge is 0.478 e. The first kappa shape index (κ1) is 10.3. The van der Waals surface area contributed by atoms with Gasteiger partial charge >= 0.3 is 5.97 Å². The maximum absolute atomic E-state index is 10.2. The average molecular weight is 183 g/mol. The second kappa shape index (κ2) is 5.02. The monoisotopic (exact) mass is 183 g/mol. The predicted octanol–water partition coefficient (Wildman–Crippen LogP) is 1.53. The average Bonchev–Trinajstić information content (AvgIpc) is 2.03. The number of carboxylic acids is 1. The zero-order chi connectivity index (χ0) is 9.68. The van der Waals surface area contributed by atoms with E-state index in [2.05, 4.69) is 0 Å². The van der Waals surface area contributed by atoms with Gasteiger partial charge in [-0.05, 0) is 25.2 Å². The van der Waals surface area contributed by atoms with Crippen molar-refractivity contribution in [1.82, 2.24) is 0 Å². The van der Waals surface area contributed by atoms with Crippen molar-refractivity contribution < 1.29 is 9.90 Å². The number of hydrogen-bond donors (Lipinski definition) is 2. The highest BCUT2D eigenvalue weighted by Crippen LogP contribution is 2.25. The molecule has 0 radical (unpaired) electrons. The first-order chi connectivity index (χ1) is 6.18. The third-order valence-corrected chi connectivity index (χ3v) is 2.55. The molecule has 1 saturated carbocycles. The summed E-state index contributed by atoms with van der Waals surface area (Å²) in [4.78, 5) is 10.2. The zero-order valence-electron chi connectivity index (χ0n) is 7.78. The van der Waals surface area contributed by atoms with E-state index >= 15 is 0 Å². The van der Waals surface area contributed by atoms with Crippen LogP contribution in [0, 0.1) is 5.92 Å². The van der Waals surface area contributed by atoms with Crippen LogP contribution in [0.5, 0.6) is 0 Å². The fraction of sp³-hybridized carbons (Fsp3) is 0.700. The molecule has 0 aliphatic heterocycles. The summed E-state index contributed by atoms with van der Waals surface area (Å²) >= 11 is 0. The number of allylic oxidation sites excluding steroid dienone is 1. The number of rotatable bonds is 3. The van der Waals surface area contributed by atoms with Gasteiger partial charge in [0.2, 0.25) is 0 Å². The SMILES string of the molecule is NC1CCCC(C/C=C/C(=O)O)C1. The van der Waals surface area contributed by atoms with Crippen molar-refractivity contribution in [3.05, 3.63) is 12.2 Å². The van der Waals surface area contributed by atoms with E-state index in [1.165, 1.54) is 18.9 Å². The molecule has 0 aromatic rings. The van der Waals surface area contributed by atoms with Crippen molar-refractivity contribution in [3.63, 3.8) is 0 Å². The van der Waals surface area contributed by atoms with E-state index in [1.54, 1.807) is 6.08 Å². The molecule has 13 heavy (non-hydrogen) atoms. The third kappa shape index (κ3) is 4.08. The summed E-state index contributed by atoms with van der Waals surface area (Å²) in [5.74, 6) is -0.264. The van der Waals surface area contributed by atoms with Gasteiger partial charge in [0.25, 0.3) is 0 Å². The molecular weight excluding hydrogens is 166 g/mol. The first-order valence-corrected chi connectivity index (χ1v) is 4.83. The molecule has 3 nitrogen and oxygen atoms in total. The van der Waals surface area contributed by atoms with Crippen molar-refractivity contribution in [3.8, 4) is 0 Å². The molecule has 1 fully saturated rings. The van der Waals surface area contributed by atoms with E-state index in [1.807, 2.05) is 0 Å². The van der Waals surface area contributed by atoms with Crippen molar-refractivity contribution in [1.29, 1.82) is 0 Å². The molecule has 0 aromatic carbocycles. The third-order valence-electron chi connectivity index (χ3n) is 2.55. The van der Waals surface area contributed by atoms with Crippen LogP contribution < -0.4 is 5.73 Å². The van der Waals surface area contributed by atoms with Gasteiger partial charge in [-0.15, -0.1) is 0 Å². The van der Waals surface area contributed by atoms with Crippen molar-refractivity contribution in [2.24, 2.45) is 11.7 Å². The highest BCUT2D eigenvalue weighted by molar-refractivity contribution is 5.79. The molecule has 3 heteroatoms. The molecule has 0 bridgehead atoms. The van der Waals surface area contributed by atoms with Gasteiger partial charge in [0.05, 0.1) is 0 Å². The van der Waals surface area contributed by atoms with E-state index in [-0.39, 0.29) is 0 Å². The quantitative estimate of drug-likeness (QED) is 0.652. The molecule has 74 valence electrons. The van der Waals surface area contributed by atoms with Crippen LogP contribution in [-0.4, -0.2) is 17.1 Å². The van der Waals surface area contributed by atoms with E-state index in [4.69, 9.17) is 10.8 Å². The van der Waals surface area contributed by atoms with Gasteiger partial charge in [-0.3, -0.25) is 0 Å². The summed E-state index contributed by atoms with van der Waals surface area (Å²) < 4.78 is 0. The Morgan fingerprint density at radius 2 is 2.31 bits per heavy atom. The number of nitrogens with two attached hydrogens (primary N) is 1. The summed E-state index contributed by atoms with van der Waals surface area (Å²) in [7, 11) is 0. The summed E-state index contributed by atoms with van der Waals surface area (Å²) in [6.45, 7) is 0. The lowest BCUT2D eigenvalue weighted by atomic mass is 9.84. The maximum atomic E-state index is 10.2. The lowest BCUT2D eigenvalue weighted by Crippen LogP contribution is -2.27. The number of hydrogen-bond acceptors (Lipinski definition) is 2. The molecule has 0 saturated heterocycles. The normalized spacial score (nSPS) is 29.3. The minimum absolute atomic E-state index is 0.331. The molecule has 0 aromatic heterocycles. The Hall–Kier alpha value is -0.830. The number of aliphatic carboxylic acids is 1. The minimum Gasteiger partial charge on any atom is -0.478 e. The van der Waals surface area contributed by atoms with Crippen LogP contribution in [0.3, 0.4) is 0 Å². The molecular formula is C10H17NO2. The van der Waals surface area contributed by atoms with Gasteiger partial charge < -0.3 is 10.8 Å². The Morgan fingerprint density at radius 1 is 1.54 bits per heavy atom. The van der Waals surface area contributed by atoms with Crippen LogP contribution in [-0.2, 0) is 4.79 Å². The fourth-order valence-corrected chi connectivity index (χ4v) is 1.91. The van der Waals surface area contributed by atoms with E-state index in [9.17, 15) is 4.79 Å². The molecule has 2 unspecified atom stereocenters. The zero-order valence-corrected chi connectivity index (χ0v) is 7.78. The fourth-order valence-electron chi connectivity index (χ4n) is 1.91. The van der Waals surface area contributed by atoms with Crippen molar-refractivity contribution in [2.45, 2.75) is 38.1 Å². The lowest BCUT2D eigenvalue weighted by molar-refractivity contribution is -0.131. The van der Waals surface area contributed by atoms with Crippen LogP contribution in [0.2, 0.25) is 0 Å². The van der Waals surface area contributed by atoms with E-state index in [0.29, 0.717) is 12.0 Å². The molecule has 2 atom stereocenters. The van der Waals surface area contributed by atoms with Gasteiger partial charge in [0.1, 0.15) is 0 Å². The summed E-state index contributed by atoms with van der Waals surface area (Å²) in [5, 5.41) is 8.38. The second-order valence-electron chi connectivity index (χ2n) is 3.77. The molecule has 3 N–H and O–H groups in total. The van der Waals surface area contributed by atoms with Gasteiger partial charge in [-0.25, -0.2) is 4.79 Å².